The number of aryl methyl sites for hydroxylation is 1. The number of nitrogens with zero attached hydrogens (tertiary/aromatic N) is 2. The van der Waals surface area contributed by atoms with E-state index in [0.717, 1.165) is 5.56 Å². The zero-order valence-electron chi connectivity index (χ0n) is 13.4. The van der Waals surface area contributed by atoms with Gasteiger partial charge in [-0.3, -0.25) is 9.48 Å². The van der Waals surface area contributed by atoms with Gasteiger partial charge in [0.05, 0.1) is 25.3 Å². The number of amides is 1. The molecule has 24 heavy (non-hydrogen) atoms. The number of ether oxygens (including phenoxy) is 1. The monoisotopic (exact) mass is 333 g/mol. The molecular weight excluding hydrogens is 313 g/mol. The van der Waals surface area contributed by atoms with E-state index in [4.69, 9.17) is 4.74 Å². The number of hydrogen-bond donors (Lipinski definition) is 2. The molecule has 3 rings (SSSR count). The van der Waals surface area contributed by atoms with Gasteiger partial charge in [0.1, 0.15) is 0 Å². The quantitative estimate of drug-likeness (QED) is 0.839. The second-order valence-corrected chi connectivity index (χ2v) is 5.92. The molecule has 7 heteroatoms. The molecule has 1 heterocycles. The zero-order chi connectivity index (χ0) is 17.1. The molecule has 2 N–H and O–H groups in total. The molecule has 1 aromatic carbocycles. The molecule has 3 atom stereocenters. The number of carbonyl (C=O) groups is 1. The minimum Gasteiger partial charge on any atom is -0.494 e. The fourth-order valence-electron chi connectivity index (χ4n) is 2.98. The van der Waals surface area contributed by atoms with Gasteiger partial charge < -0.3 is 15.2 Å². The second-order valence-electron chi connectivity index (χ2n) is 5.92. The lowest BCUT2D eigenvalue weighted by Gasteiger charge is -2.41. The van der Waals surface area contributed by atoms with Crippen LogP contribution in [0, 0.1) is 5.82 Å². The minimum absolute atomic E-state index is 0.125. The third-order valence-corrected chi connectivity index (χ3v) is 4.34. The maximum absolute atomic E-state index is 13.6. The van der Waals surface area contributed by atoms with Crippen molar-refractivity contribution in [1.82, 2.24) is 15.1 Å². The summed E-state index contributed by atoms with van der Waals surface area (Å²) in [5.41, 5.74) is 0.737. The standard InChI is InChI=1S/C17H20FN3O3/c1-24-15-5-3-11(9-12(15)18)4-6-16(23)20-13-10-14(22)17(13)21-8-2-7-19-21/h2-3,5,7-9,13-14,17,22H,4,6,10H2,1H3,(H,20,23)/t13-,14+,17+/m0/s1. The van der Waals surface area contributed by atoms with Gasteiger partial charge in [-0.05, 0) is 36.6 Å². The lowest BCUT2D eigenvalue weighted by atomic mass is 9.83. The maximum atomic E-state index is 13.6. The topological polar surface area (TPSA) is 76.4 Å². The van der Waals surface area contributed by atoms with E-state index in [1.807, 2.05) is 0 Å². The molecule has 2 aromatic rings. The molecule has 0 unspecified atom stereocenters. The summed E-state index contributed by atoms with van der Waals surface area (Å²) in [6.45, 7) is 0. The molecule has 128 valence electrons. The number of carbonyl (C=O) groups excluding carboxylic acids is 1. The highest BCUT2D eigenvalue weighted by molar-refractivity contribution is 5.76. The van der Waals surface area contributed by atoms with Crippen molar-refractivity contribution >= 4 is 5.91 Å². The molecule has 1 aromatic heterocycles. The Morgan fingerprint density at radius 2 is 2.38 bits per heavy atom. The highest BCUT2D eigenvalue weighted by atomic mass is 19.1. The number of hydrogen-bond acceptors (Lipinski definition) is 4. The molecule has 1 saturated carbocycles. The molecule has 0 aliphatic heterocycles. The number of methoxy groups -OCH3 is 1. The smallest absolute Gasteiger partial charge is 0.220 e. The number of aromatic nitrogens is 2. The first-order valence-corrected chi connectivity index (χ1v) is 7.87. The van der Waals surface area contributed by atoms with E-state index in [0.29, 0.717) is 12.8 Å². The van der Waals surface area contributed by atoms with Crippen molar-refractivity contribution in [2.24, 2.45) is 0 Å². The van der Waals surface area contributed by atoms with Gasteiger partial charge in [0.25, 0.3) is 0 Å². The largest absolute Gasteiger partial charge is 0.494 e. The van der Waals surface area contributed by atoms with Crippen LogP contribution in [0.4, 0.5) is 4.39 Å². The average molecular weight is 333 g/mol. The molecule has 1 aliphatic carbocycles. The van der Waals surface area contributed by atoms with Crippen molar-refractivity contribution in [3.05, 3.63) is 48.0 Å². The Hall–Kier alpha value is -2.41. The third-order valence-electron chi connectivity index (χ3n) is 4.34. The van der Waals surface area contributed by atoms with Crippen LogP contribution in [0.1, 0.15) is 24.4 Å². The summed E-state index contributed by atoms with van der Waals surface area (Å²) in [7, 11) is 1.41. The van der Waals surface area contributed by atoms with E-state index in [1.165, 1.54) is 13.2 Å². The van der Waals surface area contributed by atoms with E-state index in [2.05, 4.69) is 10.4 Å². The first-order chi connectivity index (χ1) is 11.6. The summed E-state index contributed by atoms with van der Waals surface area (Å²) in [5.74, 6) is -0.370. The predicted octanol–water partition coefficient (Wildman–Crippen LogP) is 1.45. The van der Waals surface area contributed by atoms with E-state index in [-0.39, 0.29) is 30.2 Å². The summed E-state index contributed by atoms with van der Waals surface area (Å²) in [6, 6.07) is 6.09. The Kier molecular flexibility index (Phi) is 4.80. The number of halogens is 1. The van der Waals surface area contributed by atoms with Crippen molar-refractivity contribution in [3.63, 3.8) is 0 Å². The Balaban J connectivity index is 1.52. The molecule has 0 radical (unpaired) electrons. The summed E-state index contributed by atoms with van der Waals surface area (Å²) in [4.78, 5) is 12.1. The Bertz CT molecular complexity index is 705. The fraction of sp³-hybridized carbons (Fsp3) is 0.412. The zero-order valence-corrected chi connectivity index (χ0v) is 13.4. The minimum atomic E-state index is -0.508. The molecule has 1 amide bonds. The van der Waals surface area contributed by atoms with Crippen LogP contribution in [0.15, 0.2) is 36.7 Å². The van der Waals surface area contributed by atoms with Crippen molar-refractivity contribution in [2.45, 2.75) is 37.5 Å². The molecule has 0 bridgehead atoms. The Morgan fingerprint density at radius 3 is 3.00 bits per heavy atom. The summed E-state index contributed by atoms with van der Waals surface area (Å²) in [5, 5.41) is 16.9. The van der Waals surface area contributed by atoms with Crippen molar-refractivity contribution in [3.8, 4) is 5.75 Å². The van der Waals surface area contributed by atoms with Crippen LogP contribution in [0.2, 0.25) is 0 Å². The lowest BCUT2D eigenvalue weighted by molar-refractivity contribution is -0.124. The highest BCUT2D eigenvalue weighted by Crippen LogP contribution is 2.32. The van der Waals surface area contributed by atoms with Gasteiger partial charge in [-0.15, -0.1) is 0 Å². The van der Waals surface area contributed by atoms with Gasteiger partial charge in [-0.25, -0.2) is 4.39 Å². The Labute approximate surface area is 139 Å². The highest BCUT2D eigenvalue weighted by Gasteiger charge is 2.42. The molecule has 0 saturated heterocycles. The summed E-state index contributed by atoms with van der Waals surface area (Å²) >= 11 is 0. The number of rotatable bonds is 6. The lowest BCUT2D eigenvalue weighted by Crippen LogP contribution is -2.56. The molecule has 1 aliphatic rings. The van der Waals surface area contributed by atoms with Gasteiger partial charge in [0, 0.05) is 18.8 Å². The number of benzene rings is 1. The van der Waals surface area contributed by atoms with Gasteiger partial charge in [0.15, 0.2) is 11.6 Å². The van der Waals surface area contributed by atoms with Crippen LogP contribution in [-0.2, 0) is 11.2 Å². The summed E-state index contributed by atoms with van der Waals surface area (Å²) < 4.78 is 20.2. The van der Waals surface area contributed by atoms with Crippen molar-refractivity contribution in [2.75, 3.05) is 7.11 Å². The van der Waals surface area contributed by atoms with Gasteiger partial charge >= 0.3 is 0 Å². The van der Waals surface area contributed by atoms with Gasteiger partial charge in [-0.1, -0.05) is 6.07 Å². The van der Waals surface area contributed by atoms with Crippen LogP contribution >= 0.6 is 0 Å². The van der Waals surface area contributed by atoms with Crippen LogP contribution in [0.25, 0.3) is 0 Å². The second kappa shape index (κ2) is 7.00. The van der Waals surface area contributed by atoms with E-state index in [9.17, 15) is 14.3 Å². The van der Waals surface area contributed by atoms with Crippen LogP contribution < -0.4 is 10.1 Å². The predicted molar refractivity (Wildman–Crippen MR) is 85.1 cm³/mol. The SMILES string of the molecule is COc1ccc(CCC(=O)N[C@H]2C[C@@H](O)[C@@H]2n2cccn2)cc1F. The third kappa shape index (κ3) is 3.41. The number of aliphatic hydroxyl groups is 1. The van der Waals surface area contributed by atoms with Gasteiger partial charge in [0.2, 0.25) is 5.91 Å². The maximum Gasteiger partial charge on any atom is 0.220 e. The molecule has 0 spiro atoms. The molecule has 1 fully saturated rings. The van der Waals surface area contributed by atoms with Crippen LogP contribution in [0.5, 0.6) is 5.75 Å². The van der Waals surface area contributed by atoms with Crippen LogP contribution in [0.3, 0.4) is 0 Å². The van der Waals surface area contributed by atoms with Crippen molar-refractivity contribution < 1.29 is 19.0 Å². The van der Waals surface area contributed by atoms with Gasteiger partial charge in [-0.2, -0.15) is 5.10 Å². The van der Waals surface area contributed by atoms with Crippen LogP contribution in [-0.4, -0.2) is 40.0 Å². The van der Waals surface area contributed by atoms with Crippen molar-refractivity contribution in [1.29, 1.82) is 0 Å². The number of nitrogens with one attached hydrogen (secondary N) is 1. The Morgan fingerprint density at radius 1 is 1.54 bits per heavy atom. The first kappa shape index (κ1) is 16.4. The van der Waals surface area contributed by atoms with E-state index >= 15 is 0 Å². The van der Waals surface area contributed by atoms with E-state index in [1.54, 1.807) is 35.3 Å². The number of aliphatic hydroxyl groups excluding tert-OH is 1. The van der Waals surface area contributed by atoms with E-state index < -0.39 is 11.9 Å². The normalized spacial score (nSPS) is 22.7. The summed E-state index contributed by atoms with van der Waals surface area (Å²) in [6.07, 6.45) is 4.10. The average Bonchev–Trinajstić information content (AvgIpc) is 3.06. The first-order valence-electron chi connectivity index (χ1n) is 7.87. The molecule has 6 nitrogen and oxygen atoms in total. The molecular formula is C17H20FN3O3. The fourth-order valence-corrected chi connectivity index (χ4v) is 2.98.